The van der Waals surface area contributed by atoms with Crippen molar-refractivity contribution < 1.29 is 9.53 Å². The zero-order valence-corrected chi connectivity index (χ0v) is 17.0. The lowest BCUT2D eigenvalue weighted by Gasteiger charge is -2.11. The Balaban J connectivity index is 1.70. The van der Waals surface area contributed by atoms with Gasteiger partial charge in [0.05, 0.1) is 17.5 Å². The van der Waals surface area contributed by atoms with Crippen LogP contribution < -0.4 is 15.6 Å². The minimum absolute atomic E-state index is 0.0677. The summed E-state index contributed by atoms with van der Waals surface area (Å²) in [7, 11) is 0. The standard InChI is InChI=1S/C21H20N4O3S/c1-12(2)28-16-7-5-15(6-8-16)25-18(26)9-4-14-10-17(23-19(14)25)20(27)24-21-22-13(3)11-29-21/h4-12,23H,1-3H3,(H,22,24,27). The van der Waals surface area contributed by atoms with Gasteiger partial charge < -0.3 is 9.72 Å². The van der Waals surface area contributed by atoms with Gasteiger partial charge in [-0.05, 0) is 57.2 Å². The summed E-state index contributed by atoms with van der Waals surface area (Å²) in [6, 6.07) is 12.2. The molecule has 4 aromatic rings. The Morgan fingerprint density at radius 2 is 1.97 bits per heavy atom. The molecule has 1 amide bonds. The third-order valence-electron chi connectivity index (χ3n) is 4.23. The van der Waals surface area contributed by atoms with Crippen LogP contribution in [0.5, 0.6) is 5.75 Å². The van der Waals surface area contributed by atoms with Gasteiger partial charge in [0.1, 0.15) is 17.1 Å². The lowest BCUT2D eigenvalue weighted by molar-refractivity contribution is 0.102. The van der Waals surface area contributed by atoms with Gasteiger partial charge in [0.15, 0.2) is 5.13 Å². The highest BCUT2D eigenvalue weighted by Crippen LogP contribution is 2.21. The van der Waals surface area contributed by atoms with Crippen molar-refractivity contribution in [1.29, 1.82) is 0 Å². The largest absolute Gasteiger partial charge is 0.491 e. The lowest BCUT2D eigenvalue weighted by Crippen LogP contribution is -2.17. The third-order valence-corrected chi connectivity index (χ3v) is 5.10. The fraction of sp³-hybridized carbons (Fsp3) is 0.190. The van der Waals surface area contributed by atoms with E-state index in [2.05, 4.69) is 15.3 Å². The van der Waals surface area contributed by atoms with Gasteiger partial charge >= 0.3 is 0 Å². The summed E-state index contributed by atoms with van der Waals surface area (Å²) in [4.78, 5) is 32.5. The maximum atomic E-state index is 12.6. The first-order valence-corrected chi connectivity index (χ1v) is 10.0. The molecule has 3 heterocycles. The van der Waals surface area contributed by atoms with E-state index in [0.29, 0.717) is 22.2 Å². The van der Waals surface area contributed by atoms with E-state index in [-0.39, 0.29) is 17.6 Å². The summed E-state index contributed by atoms with van der Waals surface area (Å²) >= 11 is 1.36. The summed E-state index contributed by atoms with van der Waals surface area (Å²) in [6.07, 6.45) is 0.0677. The van der Waals surface area contributed by atoms with Gasteiger partial charge in [-0.25, -0.2) is 4.98 Å². The number of aromatic amines is 1. The molecule has 0 aliphatic rings. The van der Waals surface area contributed by atoms with E-state index in [9.17, 15) is 9.59 Å². The van der Waals surface area contributed by atoms with Crippen LogP contribution in [0.25, 0.3) is 16.7 Å². The van der Waals surface area contributed by atoms with E-state index in [1.165, 1.54) is 17.4 Å². The van der Waals surface area contributed by atoms with Crippen molar-refractivity contribution in [2.45, 2.75) is 26.9 Å². The molecule has 8 heteroatoms. The van der Waals surface area contributed by atoms with Gasteiger partial charge in [-0.2, -0.15) is 0 Å². The minimum Gasteiger partial charge on any atom is -0.491 e. The number of carbonyl (C=O) groups excluding carboxylic acids is 1. The molecule has 0 unspecified atom stereocenters. The third kappa shape index (κ3) is 3.93. The first kappa shape index (κ1) is 18.9. The maximum Gasteiger partial charge on any atom is 0.273 e. The maximum absolute atomic E-state index is 12.6. The van der Waals surface area contributed by atoms with Crippen LogP contribution in [0.1, 0.15) is 30.0 Å². The van der Waals surface area contributed by atoms with Crippen molar-refractivity contribution in [2.75, 3.05) is 5.32 Å². The number of pyridine rings is 1. The van der Waals surface area contributed by atoms with Crippen molar-refractivity contribution in [3.05, 3.63) is 69.6 Å². The number of hydrogen-bond donors (Lipinski definition) is 2. The van der Waals surface area contributed by atoms with Crippen LogP contribution in [0.3, 0.4) is 0 Å². The number of thiazole rings is 1. The number of carbonyl (C=O) groups is 1. The van der Waals surface area contributed by atoms with Crippen LogP contribution in [0.15, 0.2) is 52.6 Å². The summed E-state index contributed by atoms with van der Waals surface area (Å²) in [5.74, 6) is 0.421. The van der Waals surface area contributed by atoms with Crippen molar-refractivity contribution in [3.63, 3.8) is 0 Å². The molecule has 148 valence electrons. The second kappa shape index (κ2) is 7.56. The van der Waals surface area contributed by atoms with E-state index in [1.54, 1.807) is 16.7 Å². The molecule has 0 aliphatic heterocycles. The van der Waals surface area contributed by atoms with Gasteiger partial charge in [-0.15, -0.1) is 11.3 Å². The van der Waals surface area contributed by atoms with E-state index >= 15 is 0 Å². The number of benzene rings is 1. The van der Waals surface area contributed by atoms with Crippen molar-refractivity contribution in [1.82, 2.24) is 14.5 Å². The lowest BCUT2D eigenvalue weighted by atomic mass is 10.2. The number of nitrogens with one attached hydrogen (secondary N) is 2. The van der Waals surface area contributed by atoms with Crippen molar-refractivity contribution >= 4 is 33.4 Å². The molecule has 3 aromatic heterocycles. The molecule has 0 saturated heterocycles. The van der Waals surface area contributed by atoms with Crippen LogP contribution >= 0.6 is 11.3 Å². The van der Waals surface area contributed by atoms with Gasteiger partial charge in [-0.1, -0.05) is 0 Å². The monoisotopic (exact) mass is 408 g/mol. The molecule has 0 fully saturated rings. The van der Waals surface area contributed by atoms with E-state index in [0.717, 1.165) is 16.8 Å². The zero-order valence-electron chi connectivity index (χ0n) is 16.2. The molecule has 0 atom stereocenters. The molecule has 0 aliphatic carbocycles. The number of aromatic nitrogens is 3. The minimum atomic E-state index is -0.310. The predicted octanol–water partition coefficient (Wildman–Crippen LogP) is 4.12. The first-order valence-electron chi connectivity index (χ1n) is 9.16. The predicted molar refractivity (Wildman–Crippen MR) is 114 cm³/mol. The number of anilines is 1. The Kier molecular flexibility index (Phi) is 4.94. The highest BCUT2D eigenvalue weighted by Gasteiger charge is 2.15. The van der Waals surface area contributed by atoms with Crippen molar-refractivity contribution in [3.8, 4) is 11.4 Å². The molecular weight excluding hydrogens is 388 g/mol. The van der Waals surface area contributed by atoms with Crippen molar-refractivity contribution in [2.24, 2.45) is 0 Å². The Hall–Kier alpha value is -3.39. The van der Waals surface area contributed by atoms with Crippen LogP contribution in [0.4, 0.5) is 5.13 Å². The smallest absolute Gasteiger partial charge is 0.273 e. The Morgan fingerprint density at radius 1 is 1.21 bits per heavy atom. The highest BCUT2D eigenvalue weighted by atomic mass is 32.1. The van der Waals surface area contributed by atoms with Gasteiger partial charge in [0, 0.05) is 16.8 Å². The SMILES string of the molecule is Cc1csc(NC(=O)c2cc3ccc(=O)n(-c4ccc(OC(C)C)cc4)c3[nH]2)n1. The Morgan fingerprint density at radius 3 is 2.62 bits per heavy atom. The van der Waals surface area contributed by atoms with Crippen LogP contribution in [0, 0.1) is 6.92 Å². The number of nitrogens with zero attached hydrogens (tertiary/aromatic N) is 2. The quantitative estimate of drug-likeness (QED) is 0.520. The molecular formula is C21H20N4O3S. The normalized spacial score (nSPS) is 11.2. The summed E-state index contributed by atoms with van der Waals surface area (Å²) in [5.41, 5.74) is 2.24. The average molecular weight is 408 g/mol. The molecule has 29 heavy (non-hydrogen) atoms. The molecule has 7 nitrogen and oxygen atoms in total. The second-order valence-electron chi connectivity index (χ2n) is 6.90. The van der Waals surface area contributed by atoms with Gasteiger partial charge in [0.2, 0.25) is 0 Å². The Bertz CT molecular complexity index is 1240. The second-order valence-corrected chi connectivity index (χ2v) is 7.76. The van der Waals surface area contributed by atoms with E-state index < -0.39 is 0 Å². The fourth-order valence-electron chi connectivity index (χ4n) is 3.02. The number of aryl methyl sites for hydroxylation is 1. The first-order chi connectivity index (χ1) is 13.9. The van der Waals surface area contributed by atoms with Gasteiger partial charge in [0.25, 0.3) is 11.5 Å². The van der Waals surface area contributed by atoms with E-state index in [4.69, 9.17) is 4.74 Å². The van der Waals surface area contributed by atoms with Gasteiger partial charge in [-0.3, -0.25) is 19.5 Å². The highest BCUT2D eigenvalue weighted by molar-refractivity contribution is 7.13. The molecule has 1 aromatic carbocycles. The number of fused-ring (bicyclic) bond motifs is 1. The van der Waals surface area contributed by atoms with Crippen LogP contribution in [0.2, 0.25) is 0 Å². The summed E-state index contributed by atoms with van der Waals surface area (Å²) < 4.78 is 7.20. The van der Waals surface area contributed by atoms with Crippen LogP contribution in [-0.2, 0) is 0 Å². The zero-order chi connectivity index (χ0) is 20.5. The van der Waals surface area contributed by atoms with Crippen LogP contribution in [-0.4, -0.2) is 26.5 Å². The molecule has 2 N–H and O–H groups in total. The van der Waals surface area contributed by atoms with E-state index in [1.807, 2.05) is 50.4 Å². The number of rotatable bonds is 5. The molecule has 0 spiro atoms. The fourth-order valence-corrected chi connectivity index (χ4v) is 3.70. The summed E-state index contributed by atoms with van der Waals surface area (Å²) in [6.45, 7) is 5.78. The molecule has 0 radical (unpaired) electrons. The number of amides is 1. The molecule has 4 rings (SSSR count). The Labute approximate surface area is 171 Å². The average Bonchev–Trinajstić information content (AvgIpc) is 3.28. The summed E-state index contributed by atoms with van der Waals surface area (Å²) in [5, 5.41) is 5.93. The number of H-pyrrole nitrogens is 1. The number of ether oxygens (including phenoxy) is 1. The molecule has 0 saturated carbocycles. The molecule has 0 bridgehead atoms. The topological polar surface area (TPSA) is 89.0 Å². The number of hydrogen-bond acceptors (Lipinski definition) is 5.